The van der Waals surface area contributed by atoms with Crippen LogP contribution < -0.4 is 5.73 Å². The Balaban J connectivity index is 2.07. The lowest BCUT2D eigenvalue weighted by Crippen LogP contribution is -2.48. The molecule has 0 saturated carbocycles. The van der Waals surface area contributed by atoms with Gasteiger partial charge in [-0.25, -0.2) is 4.98 Å². The van der Waals surface area contributed by atoms with Gasteiger partial charge in [0, 0.05) is 19.6 Å². The number of thiazole rings is 1. The van der Waals surface area contributed by atoms with Gasteiger partial charge in [-0.15, -0.1) is 11.3 Å². The second-order valence-electron chi connectivity index (χ2n) is 3.75. The van der Waals surface area contributed by atoms with Crippen LogP contribution in [-0.2, 0) is 4.74 Å². The van der Waals surface area contributed by atoms with Crippen LogP contribution in [0.1, 0.15) is 15.4 Å². The van der Waals surface area contributed by atoms with Crippen LogP contribution in [0.2, 0.25) is 0 Å². The van der Waals surface area contributed by atoms with E-state index in [-0.39, 0.29) is 12.0 Å². The molecule has 1 atom stereocenters. The predicted molar refractivity (Wildman–Crippen MR) is 61.5 cm³/mol. The molecule has 2 heterocycles. The van der Waals surface area contributed by atoms with Gasteiger partial charge < -0.3 is 15.4 Å². The maximum absolute atomic E-state index is 12.1. The molecular formula is C10H15N3O2S. The molecule has 2 rings (SSSR count). The van der Waals surface area contributed by atoms with Crippen molar-refractivity contribution in [1.82, 2.24) is 9.88 Å². The number of nitrogens with two attached hydrogens (primary N) is 1. The molecule has 0 aliphatic carbocycles. The largest absolute Gasteiger partial charge is 0.373 e. The van der Waals surface area contributed by atoms with Gasteiger partial charge in [0.25, 0.3) is 5.91 Å². The molecule has 1 aliphatic heterocycles. The molecule has 1 unspecified atom stereocenters. The minimum Gasteiger partial charge on any atom is -0.373 e. The zero-order valence-electron chi connectivity index (χ0n) is 9.18. The smallest absolute Gasteiger partial charge is 0.266 e. The Kier molecular flexibility index (Phi) is 3.52. The second kappa shape index (κ2) is 4.90. The minimum atomic E-state index is -0.0362. The van der Waals surface area contributed by atoms with Crippen molar-refractivity contribution in [3.63, 3.8) is 0 Å². The van der Waals surface area contributed by atoms with Gasteiger partial charge in [-0.05, 0) is 6.92 Å². The molecule has 88 valence electrons. The van der Waals surface area contributed by atoms with Gasteiger partial charge in [0.2, 0.25) is 0 Å². The first-order valence-electron chi connectivity index (χ1n) is 5.23. The van der Waals surface area contributed by atoms with E-state index in [1.54, 1.807) is 10.4 Å². The Hall–Kier alpha value is -0.980. The van der Waals surface area contributed by atoms with Gasteiger partial charge in [-0.3, -0.25) is 4.79 Å². The Bertz CT molecular complexity index is 380. The molecule has 2 N–H and O–H groups in total. The van der Waals surface area contributed by atoms with Crippen molar-refractivity contribution in [2.45, 2.75) is 13.0 Å². The van der Waals surface area contributed by atoms with Crippen LogP contribution in [0.4, 0.5) is 0 Å². The zero-order chi connectivity index (χ0) is 11.5. The number of morpholine rings is 1. The molecular weight excluding hydrogens is 226 g/mol. The van der Waals surface area contributed by atoms with Gasteiger partial charge in [-0.1, -0.05) is 0 Å². The van der Waals surface area contributed by atoms with Gasteiger partial charge in [0.1, 0.15) is 4.88 Å². The fourth-order valence-electron chi connectivity index (χ4n) is 1.70. The molecule has 0 spiro atoms. The van der Waals surface area contributed by atoms with E-state index in [9.17, 15) is 4.79 Å². The van der Waals surface area contributed by atoms with E-state index in [1.807, 2.05) is 6.92 Å². The number of aromatic nitrogens is 1. The second-order valence-corrected chi connectivity index (χ2v) is 4.60. The quantitative estimate of drug-likeness (QED) is 0.806. The fourth-order valence-corrected chi connectivity index (χ4v) is 2.47. The third-order valence-corrected chi connectivity index (χ3v) is 3.55. The molecule has 1 aromatic heterocycles. The summed E-state index contributed by atoms with van der Waals surface area (Å²) < 4.78 is 5.42. The summed E-state index contributed by atoms with van der Waals surface area (Å²) in [5.74, 6) is 0.0433. The van der Waals surface area contributed by atoms with Crippen LogP contribution in [0.25, 0.3) is 0 Å². The molecule has 16 heavy (non-hydrogen) atoms. The number of hydrogen-bond donors (Lipinski definition) is 1. The van der Waals surface area contributed by atoms with E-state index in [4.69, 9.17) is 10.5 Å². The Morgan fingerprint density at radius 2 is 2.62 bits per heavy atom. The molecule has 1 aliphatic rings. The van der Waals surface area contributed by atoms with E-state index < -0.39 is 0 Å². The van der Waals surface area contributed by atoms with Crippen molar-refractivity contribution in [3.05, 3.63) is 16.1 Å². The average Bonchev–Trinajstić information content (AvgIpc) is 2.74. The van der Waals surface area contributed by atoms with E-state index in [1.165, 1.54) is 11.3 Å². The summed E-state index contributed by atoms with van der Waals surface area (Å²) in [6.45, 7) is 4.07. The van der Waals surface area contributed by atoms with Gasteiger partial charge in [-0.2, -0.15) is 0 Å². The van der Waals surface area contributed by atoms with E-state index in [0.29, 0.717) is 26.2 Å². The predicted octanol–water partition coefficient (Wildman–Crippen LogP) is 0.251. The number of rotatable bonds is 2. The highest BCUT2D eigenvalue weighted by atomic mass is 32.1. The molecule has 0 radical (unpaired) electrons. The van der Waals surface area contributed by atoms with E-state index in [0.717, 1.165) is 10.6 Å². The Labute approximate surface area is 98.2 Å². The summed E-state index contributed by atoms with van der Waals surface area (Å²) in [4.78, 5) is 18.7. The van der Waals surface area contributed by atoms with Crippen LogP contribution in [0, 0.1) is 6.92 Å². The maximum Gasteiger partial charge on any atom is 0.266 e. The van der Waals surface area contributed by atoms with Gasteiger partial charge in [0.15, 0.2) is 0 Å². The van der Waals surface area contributed by atoms with E-state index >= 15 is 0 Å². The zero-order valence-corrected chi connectivity index (χ0v) is 10.00. The topological polar surface area (TPSA) is 68.5 Å². The normalized spacial score (nSPS) is 21.1. The van der Waals surface area contributed by atoms with Crippen molar-refractivity contribution < 1.29 is 9.53 Å². The van der Waals surface area contributed by atoms with Crippen molar-refractivity contribution in [3.8, 4) is 0 Å². The van der Waals surface area contributed by atoms with Crippen LogP contribution in [0.5, 0.6) is 0 Å². The average molecular weight is 241 g/mol. The number of amides is 1. The number of carbonyl (C=O) groups is 1. The Morgan fingerprint density at radius 3 is 3.25 bits per heavy atom. The summed E-state index contributed by atoms with van der Waals surface area (Å²) in [7, 11) is 0. The molecule has 1 saturated heterocycles. The number of hydrogen-bond acceptors (Lipinski definition) is 5. The maximum atomic E-state index is 12.1. The van der Waals surface area contributed by atoms with Gasteiger partial charge >= 0.3 is 0 Å². The summed E-state index contributed by atoms with van der Waals surface area (Å²) >= 11 is 1.39. The number of aryl methyl sites for hydroxylation is 1. The minimum absolute atomic E-state index is 0.0362. The first kappa shape index (κ1) is 11.5. The highest BCUT2D eigenvalue weighted by Gasteiger charge is 2.25. The van der Waals surface area contributed by atoms with Crippen molar-refractivity contribution in [1.29, 1.82) is 0 Å². The van der Waals surface area contributed by atoms with E-state index in [2.05, 4.69) is 4.98 Å². The third-order valence-electron chi connectivity index (χ3n) is 2.63. The summed E-state index contributed by atoms with van der Waals surface area (Å²) in [5, 5.41) is 0. The van der Waals surface area contributed by atoms with Crippen LogP contribution in [0.15, 0.2) is 5.51 Å². The van der Waals surface area contributed by atoms with Crippen molar-refractivity contribution in [2.75, 3.05) is 26.2 Å². The molecule has 1 fully saturated rings. The molecule has 5 nitrogen and oxygen atoms in total. The standard InChI is InChI=1S/C10H15N3O2S/c1-7-9(16-6-12-7)10(14)13-2-3-15-8(4-11)5-13/h6,8H,2-5,11H2,1H3. The van der Waals surface area contributed by atoms with Crippen LogP contribution >= 0.6 is 11.3 Å². The molecule has 6 heteroatoms. The van der Waals surface area contributed by atoms with Crippen molar-refractivity contribution in [2.24, 2.45) is 5.73 Å². The summed E-state index contributed by atoms with van der Waals surface area (Å²) in [6, 6.07) is 0. The lowest BCUT2D eigenvalue weighted by Gasteiger charge is -2.32. The van der Waals surface area contributed by atoms with Crippen molar-refractivity contribution >= 4 is 17.2 Å². The molecule has 0 aromatic carbocycles. The van der Waals surface area contributed by atoms with Crippen LogP contribution in [-0.4, -0.2) is 48.1 Å². The Morgan fingerprint density at radius 1 is 1.81 bits per heavy atom. The highest BCUT2D eigenvalue weighted by molar-refractivity contribution is 7.11. The lowest BCUT2D eigenvalue weighted by atomic mass is 10.2. The monoisotopic (exact) mass is 241 g/mol. The molecule has 0 bridgehead atoms. The summed E-state index contributed by atoms with van der Waals surface area (Å²) in [6.07, 6.45) is -0.0362. The fraction of sp³-hybridized carbons (Fsp3) is 0.600. The number of nitrogens with zero attached hydrogens (tertiary/aromatic N) is 2. The molecule has 1 amide bonds. The lowest BCUT2D eigenvalue weighted by molar-refractivity contribution is -0.0166. The van der Waals surface area contributed by atoms with Crippen LogP contribution in [0.3, 0.4) is 0 Å². The number of ether oxygens (including phenoxy) is 1. The SMILES string of the molecule is Cc1ncsc1C(=O)N1CCOC(CN)C1. The molecule has 1 aromatic rings. The summed E-state index contributed by atoms with van der Waals surface area (Å²) in [5.41, 5.74) is 8.04. The third kappa shape index (κ3) is 2.23. The first-order valence-corrected chi connectivity index (χ1v) is 6.11. The number of carbonyl (C=O) groups excluding carboxylic acids is 1. The van der Waals surface area contributed by atoms with Gasteiger partial charge in [0.05, 0.1) is 23.9 Å². The highest BCUT2D eigenvalue weighted by Crippen LogP contribution is 2.16. The first-order chi connectivity index (χ1) is 7.72.